The first-order valence-corrected chi connectivity index (χ1v) is 7.73. The standard InChI is InChI=1S/C12H23NO3S/c1-7-8-5-9(11(7,2)3)10(17(14,15)16)12(8,4)6-13/h7-10H,5-6,13H2,1-4H3,(H,14,15,16)/t7?,8?,9?,10-,12-/m1/s1. The van der Waals surface area contributed by atoms with Crippen LogP contribution < -0.4 is 5.73 Å². The van der Waals surface area contributed by atoms with Gasteiger partial charge in [0.25, 0.3) is 10.1 Å². The van der Waals surface area contributed by atoms with Gasteiger partial charge >= 0.3 is 0 Å². The first-order valence-electron chi connectivity index (χ1n) is 6.23. The lowest BCUT2D eigenvalue weighted by Gasteiger charge is -2.49. The molecule has 17 heavy (non-hydrogen) atoms. The minimum Gasteiger partial charge on any atom is -0.330 e. The van der Waals surface area contributed by atoms with Gasteiger partial charge in [0.15, 0.2) is 0 Å². The van der Waals surface area contributed by atoms with Crippen molar-refractivity contribution < 1.29 is 13.0 Å². The van der Waals surface area contributed by atoms with Crippen LogP contribution in [-0.4, -0.2) is 24.8 Å². The van der Waals surface area contributed by atoms with E-state index in [0.717, 1.165) is 6.42 Å². The van der Waals surface area contributed by atoms with Gasteiger partial charge in [-0.15, -0.1) is 0 Å². The van der Waals surface area contributed by atoms with E-state index in [1.54, 1.807) is 0 Å². The van der Waals surface area contributed by atoms with E-state index in [9.17, 15) is 13.0 Å². The van der Waals surface area contributed by atoms with E-state index in [-0.39, 0.29) is 11.3 Å². The molecule has 2 aliphatic carbocycles. The Kier molecular flexibility index (Phi) is 2.70. The molecule has 2 bridgehead atoms. The van der Waals surface area contributed by atoms with Crippen LogP contribution in [0.25, 0.3) is 0 Å². The average Bonchev–Trinajstić information content (AvgIpc) is 2.60. The third-order valence-corrected chi connectivity index (χ3v) is 7.37. The van der Waals surface area contributed by atoms with Crippen LogP contribution >= 0.6 is 0 Å². The molecule has 0 amide bonds. The van der Waals surface area contributed by atoms with Crippen molar-refractivity contribution in [2.24, 2.45) is 34.3 Å². The van der Waals surface area contributed by atoms with Gasteiger partial charge in [0.2, 0.25) is 0 Å². The van der Waals surface area contributed by atoms with Crippen molar-refractivity contribution in [2.45, 2.75) is 39.4 Å². The van der Waals surface area contributed by atoms with Crippen molar-refractivity contribution in [3.8, 4) is 0 Å². The molecule has 3 N–H and O–H groups in total. The second-order valence-electron chi connectivity index (χ2n) is 6.70. The average molecular weight is 261 g/mol. The predicted octanol–water partition coefficient (Wildman–Crippen LogP) is 1.52. The fourth-order valence-electron chi connectivity index (χ4n) is 4.48. The highest BCUT2D eigenvalue weighted by molar-refractivity contribution is 7.86. The second kappa shape index (κ2) is 3.45. The van der Waals surface area contributed by atoms with Gasteiger partial charge in [0, 0.05) is 5.41 Å². The maximum absolute atomic E-state index is 11.7. The highest BCUT2D eigenvalue weighted by Crippen LogP contribution is 2.67. The van der Waals surface area contributed by atoms with Crippen molar-refractivity contribution in [3.05, 3.63) is 0 Å². The lowest BCUT2D eigenvalue weighted by Crippen LogP contribution is -2.54. The summed E-state index contributed by atoms with van der Waals surface area (Å²) in [5.74, 6) is 0.754. The quantitative estimate of drug-likeness (QED) is 0.739. The van der Waals surface area contributed by atoms with Gasteiger partial charge in [-0.05, 0) is 36.1 Å². The Morgan fingerprint density at radius 2 is 1.82 bits per heavy atom. The van der Waals surface area contributed by atoms with Gasteiger partial charge in [0.05, 0.1) is 5.25 Å². The predicted molar refractivity (Wildman–Crippen MR) is 67.0 cm³/mol. The molecule has 0 aromatic heterocycles. The van der Waals surface area contributed by atoms with Crippen molar-refractivity contribution >= 4 is 10.1 Å². The maximum atomic E-state index is 11.7. The molecule has 5 atom stereocenters. The fourth-order valence-corrected chi connectivity index (χ4v) is 6.31. The van der Waals surface area contributed by atoms with Gasteiger partial charge in [-0.25, -0.2) is 0 Å². The SMILES string of the molecule is CC1C2CC([C@@H](S(=O)(=O)O)[C@]2(C)CN)C1(C)C. The third kappa shape index (κ3) is 1.52. The van der Waals surface area contributed by atoms with Crippen LogP contribution in [0.2, 0.25) is 0 Å². The van der Waals surface area contributed by atoms with Crippen molar-refractivity contribution in [2.75, 3.05) is 6.54 Å². The third-order valence-electron chi connectivity index (χ3n) is 5.86. The molecule has 4 nitrogen and oxygen atoms in total. The molecule has 0 heterocycles. The van der Waals surface area contributed by atoms with Crippen molar-refractivity contribution in [1.82, 2.24) is 0 Å². The molecule has 100 valence electrons. The van der Waals surface area contributed by atoms with Crippen molar-refractivity contribution in [3.63, 3.8) is 0 Å². The molecule has 0 aromatic carbocycles. The molecule has 0 spiro atoms. The normalized spacial score (nSPS) is 48.6. The number of hydrogen-bond acceptors (Lipinski definition) is 3. The summed E-state index contributed by atoms with van der Waals surface area (Å²) in [4.78, 5) is 0. The highest BCUT2D eigenvalue weighted by Gasteiger charge is 2.68. The van der Waals surface area contributed by atoms with E-state index in [0.29, 0.717) is 18.4 Å². The summed E-state index contributed by atoms with van der Waals surface area (Å²) < 4.78 is 32.9. The Morgan fingerprint density at radius 1 is 1.29 bits per heavy atom. The highest BCUT2D eigenvalue weighted by atomic mass is 32.2. The summed E-state index contributed by atoms with van der Waals surface area (Å²) in [7, 11) is -4.03. The summed E-state index contributed by atoms with van der Waals surface area (Å²) in [6.07, 6.45) is 0.867. The molecule has 2 rings (SSSR count). The lowest BCUT2D eigenvalue weighted by atomic mass is 9.60. The topological polar surface area (TPSA) is 80.4 Å². The Bertz CT molecular complexity index is 431. The lowest BCUT2D eigenvalue weighted by molar-refractivity contribution is 0.0462. The van der Waals surface area contributed by atoms with Crippen LogP contribution in [-0.2, 0) is 10.1 Å². The van der Waals surface area contributed by atoms with E-state index in [1.807, 2.05) is 6.92 Å². The van der Waals surface area contributed by atoms with E-state index < -0.39 is 20.8 Å². The first-order chi connectivity index (χ1) is 7.56. The summed E-state index contributed by atoms with van der Waals surface area (Å²) >= 11 is 0. The molecule has 3 unspecified atom stereocenters. The van der Waals surface area contributed by atoms with Gasteiger partial charge < -0.3 is 5.73 Å². The molecular weight excluding hydrogens is 238 g/mol. The van der Waals surface area contributed by atoms with Crippen LogP contribution in [0.15, 0.2) is 0 Å². The number of nitrogens with two attached hydrogens (primary N) is 1. The fraction of sp³-hybridized carbons (Fsp3) is 1.00. The minimum atomic E-state index is -4.03. The maximum Gasteiger partial charge on any atom is 0.268 e. The Labute approximate surface area is 104 Å². The van der Waals surface area contributed by atoms with Gasteiger partial charge in [-0.3, -0.25) is 4.55 Å². The summed E-state index contributed by atoms with van der Waals surface area (Å²) in [5, 5.41) is -0.698. The largest absolute Gasteiger partial charge is 0.330 e. The molecule has 2 fully saturated rings. The van der Waals surface area contributed by atoms with Crippen molar-refractivity contribution in [1.29, 1.82) is 0 Å². The van der Waals surface area contributed by atoms with E-state index in [1.165, 1.54) is 0 Å². The summed E-state index contributed by atoms with van der Waals surface area (Å²) in [5.41, 5.74) is 5.30. The van der Waals surface area contributed by atoms with Crippen LogP contribution in [0.1, 0.15) is 34.1 Å². The van der Waals surface area contributed by atoms with E-state index >= 15 is 0 Å². The number of hydrogen-bond donors (Lipinski definition) is 2. The summed E-state index contributed by atoms with van der Waals surface area (Å²) in [6.45, 7) is 8.63. The minimum absolute atomic E-state index is 0.0195. The number of fused-ring (bicyclic) bond motifs is 2. The van der Waals surface area contributed by atoms with E-state index in [2.05, 4.69) is 20.8 Å². The molecule has 0 aliphatic heterocycles. The Hall–Kier alpha value is -0.130. The van der Waals surface area contributed by atoms with Crippen LogP contribution in [0.3, 0.4) is 0 Å². The van der Waals surface area contributed by atoms with Crippen LogP contribution in [0.4, 0.5) is 0 Å². The first kappa shape index (κ1) is 13.3. The molecule has 2 aliphatic rings. The molecule has 0 aromatic rings. The van der Waals surface area contributed by atoms with Gasteiger partial charge in [0.1, 0.15) is 0 Å². The Morgan fingerprint density at radius 3 is 2.24 bits per heavy atom. The van der Waals surface area contributed by atoms with Crippen LogP contribution in [0.5, 0.6) is 0 Å². The molecular formula is C12H23NO3S. The molecule has 0 saturated heterocycles. The second-order valence-corrected chi connectivity index (χ2v) is 8.24. The smallest absolute Gasteiger partial charge is 0.268 e. The zero-order valence-electron chi connectivity index (χ0n) is 11.0. The van der Waals surface area contributed by atoms with Crippen LogP contribution in [0, 0.1) is 28.6 Å². The summed E-state index contributed by atoms with van der Waals surface area (Å²) in [6, 6.07) is 0. The zero-order chi connectivity index (χ0) is 13.2. The monoisotopic (exact) mass is 261 g/mol. The number of rotatable bonds is 2. The van der Waals surface area contributed by atoms with Gasteiger partial charge in [-0.2, -0.15) is 8.42 Å². The van der Waals surface area contributed by atoms with Gasteiger partial charge in [-0.1, -0.05) is 27.7 Å². The molecule has 2 saturated carbocycles. The Balaban J connectivity index is 2.53. The zero-order valence-corrected chi connectivity index (χ0v) is 11.8. The molecule has 5 heteroatoms. The molecule has 0 radical (unpaired) electrons. The van der Waals surface area contributed by atoms with E-state index in [4.69, 9.17) is 5.73 Å².